The van der Waals surface area contributed by atoms with Crippen LogP contribution < -0.4 is 0 Å². The number of phenolic OH excluding ortho intramolecular Hbond substituents is 1. The van der Waals surface area contributed by atoms with E-state index in [0.29, 0.717) is 5.56 Å². The van der Waals surface area contributed by atoms with Crippen molar-refractivity contribution in [1.29, 1.82) is 0 Å². The van der Waals surface area contributed by atoms with Crippen molar-refractivity contribution >= 4 is 34.7 Å². The van der Waals surface area contributed by atoms with Gasteiger partial charge in [-0.1, -0.05) is 6.07 Å². The van der Waals surface area contributed by atoms with Gasteiger partial charge in [-0.05, 0) is 36.4 Å². The van der Waals surface area contributed by atoms with E-state index in [1.54, 1.807) is 6.92 Å². The van der Waals surface area contributed by atoms with E-state index in [9.17, 15) is 24.8 Å². The van der Waals surface area contributed by atoms with Crippen LogP contribution >= 0.6 is 11.8 Å². The second-order valence-electron chi connectivity index (χ2n) is 3.93. The maximum absolute atomic E-state index is 11.9. The summed E-state index contributed by atoms with van der Waals surface area (Å²) < 4.78 is 0. The normalized spacial score (nSPS) is 17.1. The highest BCUT2D eigenvalue weighted by atomic mass is 32.2. The lowest BCUT2D eigenvalue weighted by Gasteiger charge is -2.06. The molecule has 0 unspecified atom stereocenters. The van der Waals surface area contributed by atoms with Gasteiger partial charge in [0, 0.05) is 12.6 Å². The zero-order valence-corrected chi connectivity index (χ0v) is 11.2. The van der Waals surface area contributed by atoms with Crippen LogP contribution in [-0.2, 0) is 4.79 Å². The molecule has 0 saturated carbocycles. The number of thioether (sulfide) groups is 1. The molecule has 7 nitrogen and oxygen atoms in total. The van der Waals surface area contributed by atoms with Crippen molar-refractivity contribution in [2.24, 2.45) is 0 Å². The standard InChI is InChI=1S/C12H10N2O5S/c1-2-13-11(16)10(20-12(13)17)6-7-3-4-9(15)8(5-7)14(18)19/h3-6,15H,2H2,1H3/b10-6-. The number of benzene rings is 1. The summed E-state index contributed by atoms with van der Waals surface area (Å²) in [6.45, 7) is 1.96. The van der Waals surface area contributed by atoms with E-state index < -0.39 is 22.3 Å². The summed E-state index contributed by atoms with van der Waals surface area (Å²) in [4.78, 5) is 34.7. The molecule has 0 radical (unpaired) electrons. The van der Waals surface area contributed by atoms with Crippen LogP contribution in [0, 0.1) is 10.1 Å². The molecule has 0 aliphatic carbocycles. The molecule has 1 aromatic carbocycles. The number of nitro benzene ring substituents is 1. The zero-order valence-electron chi connectivity index (χ0n) is 10.4. The van der Waals surface area contributed by atoms with Gasteiger partial charge in [-0.2, -0.15) is 0 Å². The molecule has 1 heterocycles. The van der Waals surface area contributed by atoms with Crippen molar-refractivity contribution in [3.63, 3.8) is 0 Å². The van der Waals surface area contributed by atoms with Crippen LogP contribution in [0.2, 0.25) is 0 Å². The summed E-state index contributed by atoms with van der Waals surface area (Å²) in [6.07, 6.45) is 1.40. The first-order chi connectivity index (χ1) is 9.43. The molecular formula is C12H10N2O5S. The molecule has 1 aromatic rings. The number of hydrogen-bond donors (Lipinski definition) is 1. The fourth-order valence-electron chi connectivity index (χ4n) is 1.70. The van der Waals surface area contributed by atoms with Gasteiger partial charge in [0.05, 0.1) is 9.83 Å². The molecule has 20 heavy (non-hydrogen) atoms. The largest absolute Gasteiger partial charge is 0.502 e. The minimum absolute atomic E-state index is 0.205. The molecule has 2 amide bonds. The average molecular weight is 294 g/mol. The topological polar surface area (TPSA) is 101 Å². The first kappa shape index (κ1) is 14.1. The maximum atomic E-state index is 11.9. The molecule has 1 aliphatic heterocycles. The highest BCUT2D eigenvalue weighted by molar-refractivity contribution is 8.18. The monoisotopic (exact) mass is 294 g/mol. The summed E-state index contributed by atoms with van der Waals surface area (Å²) in [5.41, 5.74) is -0.0791. The van der Waals surface area contributed by atoms with Crippen molar-refractivity contribution in [3.8, 4) is 5.75 Å². The number of rotatable bonds is 3. The lowest BCUT2D eigenvalue weighted by molar-refractivity contribution is -0.385. The van der Waals surface area contributed by atoms with E-state index in [1.165, 1.54) is 18.2 Å². The molecule has 2 rings (SSSR count). The quantitative estimate of drug-likeness (QED) is 0.521. The number of likely N-dealkylation sites (N-methyl/N-ethyl adjacent to an activating group) is 1. The van der Waals surface area contributed by atoms with Gasteiger partial charge in [0.15, 0.2) is 5.75 Å². The number of nitro groups is 1. The highest BCUT2D eigenvalue weighted by Crippen LogP contribution is 2.33. The Bertz CT molecular complexity index is 641. The number of aromatic hydroxyl groups is 1. The third-order valence-corrected chi connectivity index (χ3v) is 3.59. The van der Waals surface area contributed by atoms with Crippen LogP contribution in [0.4, 0.5) is 10.5 Å². The molecular weight excluding hydrogens is 284 g/mol. The van der Waals surface area contributed by atoms with E-state index >= 15 is 0 Å². The van der Waals surface area contributed by atoms with Gasteiger partial charge >= 0.3 is 5.69 Å². The minimum atomic E-state index is -0.718. The molecule has 1 aliphatic rings. The predicted octanol–water partition coefficient (Wildman–Crippen LogP) is 2.36. The van der Waals surface area contributed by atoms with Crippen molar-refractivity contribution in [3.05, 3.63) is 38.8 Å². The average Bonchev–Trinajstić information content (AvgIpc) is 2.66. The summed E-state index contributed by atoms with van der Waals surface area (Å²) >= 11 is 0.786. The number of hydrogen-bond acceptors (Lipinski definition) is 6. The summed E-state index contributed by atoms with van der Waals surface area (Å²) in [5, 5.41) is 19.7. The smallest absolute Gasteiger partial charge is 0.311 e. The van der Waals surface area contributed by atoms with Crippen LogP contribution in [0.1, 0.15) is 12.5 Å². The molecule has 0 spiro atoms. The van der Waals surface area contributed by atoms with Gasteiger partial charge in [0.25, 0.3) is 11.1 Å². The van der Waals surface area contributed by atoms with E-state index in [4.69, 9.17) is 0 Å². The number of phenols is 1. The third kappa shape index (κ3) is 2.50. The summed E-state index contributed by atoms with van der Waals surface area (Å²) in [5.74, 6) is -0.868. The molecule has 1 fully saturated rings. The Hall–Kier alpha value is -2.35. The molecule has 1 N–H and O–H groups in total. The lowest BCUT2D eigenvalue weighted by atomic mass is 10.1. The van der Waals surface area contributed by atoms with Gasteiger partial charge in [0.1, 0.15) is 0 Å². The van der Waals surface area contributed by atoms with Crippen molar-refractivity contribution in [1.82, 2.24) is 4.90 Å². The number of carbonyl (C=O) groups excluding carboxylic acids is 2. The van der Waals surface area contributed by atoms with E-state index in [-0.39, 0.29) is 16.7 Å². The second kappa shape index (κ2) is 5.33. The molecule has 0 aromatic heterocycles. The first-order valence-corrected chi connectivity index (χ1v) is 6.48. The molecule has 104 valence electrons. The minimum Gasteiger partial charge on any atom is -0.502 e. The van der Waals surface area contributed by atoms with Crippen LogP contribution in [0.3, 0.4) is 0 Å². The van der Waals surface area contributed by atoms with E-state index in [1.807, 2.05) is 0 Å². The summed E-state index contributed by atoms with van der Waals surface area (Å²) in [6, 6.07) is 3.76. The first-order valence-electron chi connectivity index (χ1n) is 5.66. The second-order valence-corrected chi connectivity index (χ2v) is 4.92. The van der Waals surface area contributed by atoms with Crippen LogP contribution in [0.25, 0.3) is 6.08 Å². The Balaban J connectivity index is 2.37. The Morgan fingerprint density at radius 3 is 2.70 bits per heavy atom. The van der Waals surface area contributed by atoms with E-state index in [2.05, 4.69) is 0 Å². The Labute approximate surface area is 118 Å². The van der Waals surface area contributed by atoms with Crippen molar-refractivity contribution in [2.75, 3.05) is 6.54 Å². The van der Waals surface area contributed by atoms with Gasteiger partial charge in [-0.15, -0.1) is 0 Å². The molecule has 8 heteroatoms. The summed E-state index contributed by atoms with van der Waals surface area (Å²) in [7, 11) is 0. The fourth-order valence-corrected chi connectivity index (χ4v) is 2.60. The number of imide groups is 1. The highest BCUT2D eigenvalue weighted by Gasteiger charge is 2.33. The van der Waals surface area contributed by atoms with Gasteiger partial charge in [-0.25, -0.2) is 0 Å². The maximum Gasteiger partial charge on any atom is 0.311 e. The molecule has 0 atom stereocenters. The van der Waals surface area contributed by atoms with Gasteiger partial charge in [0.2, 0.25) is 0 Å². The number of nitrogens with zero attached hydrogens (tertiary/aromatic N) is 2. The number of amides is 2. The Kier molecular flexibility index (Phi) is 3.75. The Morgan fingerprint density at radius 2 is 2.15 bits per heavy atom. The predicted molar refractivity (Wildman–Crippen MR) is 73.1 cm³/mol. The SMILES string of the molecule is CCN1C(=O)S/C(=C\c2ccc(O)c([N+](=O)[O-])c2)C1=O. The van der Waals surface area contributed by atoms with Crippen LogP contribution in [-0.4, -0.2) is 32.6 Å². The van der Waals surface area contributed by atoms with Crippen LogP contribution in [0.15, 0.2) is 23.1 Å². The zero-order chi connectivity index (χ0) is 14.9. The Morgan fingerprint density at radius 1 is 1.45 bits per heavy atom. The van der Waals surface area contributed by atoms with Gasteiger partial charge < -0.3 is 5.11 Å². The van der Waals surface area contributed by atoms with Crippen LogP contribution in [0.5, 0.6) is 5.75 Å². The van der Waals surface area contributed by atoms with Gasteiger partial charge in [-0.3, -0.25) is 24.6 Å². The number of carbonyl (C=O) groups is 2. The van der Waals surface area contributed by atoms with Crippen molar-refractivity contribution in [2.45, 2.75) is 6.92 Å². The molecule has 0 bridgehead atoms. The van der Waals surface area contributed by atoms with E-state index in [0.717, 1.165) is 22.7 Å². The fraction of sp³-hybridized carbons (Fsp3) is 0.167. The van der Waals surface area contributed by atoms with Crippen molar-refractivity contribution < 1.29 is 19.6 Å². The molecule has 1 saturated heterocycles. The third-order valence-electron chi connectivity index (χ3n) is 2.68. The lowest BCUT2D eigenvalue weighted by Crippen LogP contribution is -2.27.